The van der Waals surface area contributed by atoms with Crippen molar-refractivity contribution < 1.29 is 14.8 Å². The third-order valence-corrected chi connectivity index (χ3v) is 3.88. The molecule has 0 aliphatic heterocycles. The largest absolute Gasteiger partial charge is 0.478 e. The zero-order chi connectivity index (χ0) is 20.3. The molecule has 0 bridgehead atoms. The first-order valence-electron chi connectivity index (χ1n) is 8.28. The Morgan fingerprint density at radius 2 is 1.50 bits per heavy atom. The topological polar surface area (TPSA) is 130 Å². The van der Waals surface area contributed by atoms with Gasteiger partial charge < -0.3 is 15.7 Å². The van der Waals surface area contributed by atoms with Gasteiger partial charge in [0.2, 0.25) is 11.6 Å². The van der Waals surface area contributed by atoms with Crippen molar-refractivity contribution in [1.82, 2.24) is 9.97 Å². The zero-order valence-electron chi connectivity index (χ0n) is 15.1. The van der Waals surface area contributed by atoms with Crippen LogP contribution >= 0.6 is 0 Å². The van der Waals surface area contributed by atoms with Crippen molar-refractivity contribution >= 4 is 34.7 Å². The first-order valence-corrected chi connectivity index (χ1v) is 8.28. The highest BCUT2D eigenvalue weighted by atomic mass is 16.6. The van der Waals surface area contributed by atoms with E-state index in [2.05, 4.69) is 20.6 Å². The van der Waals surface area contributed by atoms with Crippen molar-refractivity contribution in [3.05, 3.63) is 75.6 Å². The SMILES string of the molecule is Cc1cc(C)cc(Nc2ncnc(Nc3ccc(C(=O)O)cc3)c2[N+](=O)[O-])c1. The molecule has 0 saturated carbocycles. The molecular formula is C19H17N5O4. The van der Waals surface area contributed by atoms with Crippen molar-refractivity contribution in [3.8, 4) is 0 Å². The number of nitro groups is 1. The van der Waals surface area contributed by atoms with Crippen LogP contribution in [0, 0.1) is 24.0 Å². The summed E-state index contributed by atoms with van der Waals surface area (Å²) < 4.78 is 0. The number of anilines is 4. The third kappa shape index (κ3) is 4.21. The lowest BCUT2D eigenvalue weighted by atomic mass is 10.1. The van der Waals surface area contributed by atoms with Gasteiger partial charge in [-0.15, -0.1) is 0 Å². The Morgan fingerprint density at radius 3 is 2.00 bits per heavy atom. The van der Waals surface area contributed by atoms with Gasteiger partial charge in [0.05, 0.1) is 10.5 Å². The fourth-order valence-corrected chi connectivity index (χ4v) is 2.75. The summed E-state index contributed by atoms with van der Waals surface area (Å²) in [4.78, 5) is 30.0. The Kier molecular flexibility index (Phi) is 5.16. The Morgan fingerprint density at radius 1 is 0.964 bits per heavy atom. The third-order valence-electron chi connectivity index (χ3n) is 3.88. The van der Waals surface area contributed by atoms with E-state index >= 15 is 0 Å². The van der Waals surface area contributed by atoms with E-state index in [-0.39, 0.29) is 22.9 Å². The van der Waals surface area contributed by atoms with Crippen LogP contribution in [-0.2, 0) is 0 Å². The summed E-state index contributed by atoms with van der Waals surface area (Å²) in [6.07, 6.45) is 1.21. The highest BCUT2D eigenvalue weighted by Crippen LogP contribution is 2.33. The molecule has 0 saturated heterocycles. The molecule has 0 aliphatic carbocycles. The number of rotatable bonds is 6. The van der Waals surface area contributed by atoms with Crippen LogP contribution in [0.1, 0.15) is 21.5 Å². The van der Waals surface area contributed by atoms with E-state index in [1.807, 2.05) is 32.0 Å². The summed E-state index contributed by atoms with van der Waals surface area (Å²) >= 11 is 0. The Hall–Kier alpha value is -4.01. The number of carboxylic acids is 1. The van der Waals surface area contributed by atoms with Crippen LogP contribution in [-0.4, -0.2) is 26.0 Å². The van der Waals surface area contributed by atoms with Crippen molar-refractivity contribution in [2.75, 3.05) is 10.6 Å². The second-order valence-corrected chi connectivity index (χ2v) is 6.19. The Balaban J connectivity index is 1.95. The monoisotopic (exact) mass is 379 g/mol. The van der Waals surface area contributed by atoms with Crippen LogP contribution in [0.2, 0.25) is 0 Å². The van der Waals surface area contributed by atoms with Crippen LogP contribution in [0.15, 0.2) is 48.8 Å². The number of hydrogen-bond donors (Lipinski definition) is 3. The number of carboxylic acid groups (broad SMARTS) is 1. The minimum absolute atomic E-state index is 0.00468. The first-order chi connectivity index (χ1) is 13.3. The van der Waals surface area contributed by atoms with E-state index in [1.54, 1.807) is 0 Å². The number of aromatic nitrogens is 2. The second-order valence-electron chi connectivity index (χ2n) is 6.19. The quantitative estimate of drug-likeness (QED) is 0.429. The molecule has 2 aromatic carbocycles. The van der Waals surface area contributed by atoms with Gasteiger partial charge in [0.25, 0.3) is 0 Å². The lowest BCUT2D eigenvalue weighted by Crippen LogP contribution is -2.06. The van der Waals surface area contributed by atoms with Crippen LogP contribution in [0.3, 0.4) is 0 Å². The summed E-state index contributed by atoms with van der Waals surface area (Å²) in [5.41, 5.74) is 2.95. The smallest absolute Gasteiger partial charge is 0.353 e. The Labute approximate surface area is 160 Å². The molecule has 3 rings (SSSR count). The fourth-order valence-electron chi connectivity index (χ4n) is 2.75. The number of nitrogens with zero attached hydrogens (tertiary/aromatic N) is 3. The average Bonchev–Trinajstić information content (AvgIpc) is 2.61. The summed E-state index contributed by atoms with van der Waals surface area (Å²) in [6.45, 7) is 3.86. The predicted molar refractivity (Wildman–Crippen MR) is 105 cm³/mol. The normalized spacial score (nSPS) is 10.4. The van der Waals surface area contributed by atoms with E-state index in [1.165, 1.54) is 30.6 Å². The van der Waals surface area contributed by atoms with Crippen LogP contribution in [0.5, 0.6) is 0 Å². The van der Waals surface area contributed by atoms with E-state index in [0.717, 1.165) is 11.1 Å². The lowest BCUT2D eigenvalue weighted by molar-refractivity contribution is -0.383. The maximum absolute atomic E-state index is 11.7. The molecule has 1 heterocycles. The molecule has 9 heteroatoms. The number of carbonyl (C=O) groups is 1. The number of benzene rings is 2. The van der Waals surface area contributed by atoms with Crippen molar-refractivity contribution in [1.29, 1.82) is 0 Å². The predicted octanol–water partition coefficient (Wildman–Crippen LogP) is 4.19. The van der Waals surface area contributed by atoms with E-state index in [4.69, 9.17) is 5.11 Å². The van der Waals surface area contributed by atoms with Crippen LogP contribution < -0.4 is 10.6 Å². The van der Waals surface area contributed by atoms with Crippen molar-refractivity contribution in [3.63, 3.8) is 0 Å². The summed E-state index contributed by atoms with van der Waals surface area (Å²) in [5.74, 6) is -1.01. The molecule has 0 fully saturated rings. The first kappa shape index (κ1) is 18.8. The maximum atomic E-state index is 11.7. The van der Waals surface area contributed by atoms with E-state index < -0.39 is 10.9 Å². The molecule has 0 spiro atoms. The van der Waals surface area contributed by atoms with Gasteiger partial charge in [-0.05, 0) is 61.4 Å². The van der Waals surface area contributed by atoms with Gasteiger partial charge in [0, 0.05) is 11.4 Å². The second kappa shape index (κ2) is 7.70. The van der Waals surface area contributed by atoms with Gasteiger partial charge in [-0.1, -0.05) is 6.07 Å². The van der Waals surface area contributed by atoms with E-state index in [0.29, 0.717) is 11.4 Å². The molecule has 28 heavy (non-hydrogen) atoms. The van der Waals surface area contributed by atoms with Crippen LogP contribution in [0.4, 0.5) is 28.7 Å². The van der Waals surface area contributed by atoms with Gasteiger partial charge in [-0.2, -0.15) is 0 Å². The van der Waals surface area contributed by atoms with E-state index in [9.17, 15) is 14.9 Å². The van der Waals surface area contributed by atoms with Gasteiger partial charge >= 0.3 is 11.7 Å². The molecule has 0 unspecified atom stereocenters. The molecule has 3 N–H and O–H groups in total. The van der Waals surface area contributed by atoms with Gasteiger partial charge in [0.1, 0.15) is 6.33 Å². The maximum Gasteiger partial charge on any atom is 0.353 e. The van der Waals surface area contributed by atoms with Gasteiger partial charge in [0.15, 0.2) is 0 Å². The highest BCUT2D eigenvalue weighted by Gasteiger charge is 2.23. The summed E-state index contributed by atoms with van der Waals surface area (Å²) in [5, 5.41) is 26.4. The molecule has 0 atom stereocenters. The number of aromatic carboxylic acids is 1. The number of nitrogens with one attached hydrogen (secondary N) is 2. The minimum atomic E-state index is -1.06. The fraction of sp³-hybridized carbons (Fsp3) is 0.105. The lowest BCUT2D eigenvalue weighted by Gasteiger charge is -2.11. The number of aryl methyl sites for hydroxylation is 2. The van der Waals surface area contributed by atoms with Crippen LogP contribution in [0.25, 0.3) is 0 Å². The molecule has 0 amide bonds. The standard InChI is InChI=1S/C19H17N5O4/c1-11-7-12(2)9-15(8-11)23-18-16(24(27)28)17(20-10-21-18)22-14-5-3-13(4-6-14)19(25)26/h3-10H,1-2H3,(H,25,26)(H2,20,21,22,23). The Bertz CT molecular complexity index is 1030. The summed E-state index contributed by atoms with van der Waals surface area (Å²) in [6, 6.07) is 11.5. The zero-order valence-corrected chi connectivity index (χ0v) is 15.1. The number of hydrogen-bond acceptors (Lipinski definition) is 7. The minimum Gasteiger partial charge on any atom is -0.478 e. The average molecular weight is 379 g/mol. The van der Waals surface area contributed by atoms with Gasteiger partial charge in [-0.3, -0.25) is 10.1 Å². The molecule has 142 valence electrons. The van der Waals surface area contributed by atoms with Crippen molar-refractivity contribution in [2.45, 2.75) is 13.8 Å². The molecule has 0 radical (unpaired) electrons. The summed E-state index contributed by atoms with van der Waals surface area (Å²) in [7, 11) is 0. The van der Waals surface area contributed by atoms with Crippen molar-refractivity contribution in [2.24, 2.45) is 0 Å². The molecule has 3 aromatic rings. The molecule has 0 aliphatic rings. The molecule has 9 nitrogen and oxygen atoms in total. The highest BCUT2D eigenvalue weighted by molar-refractivity contribution is 5.88. The van der Waals surface area contributed by atoms with Gasteiger partial charge in [-0.25, -0.2) is 14.8 Å². The molecular weight excluding hydrogens is 362 g/mol. The molecule has 1 aromatic heterocycles.